The lowest BCUT2D eigenvalue weighted by molar-refractivity contribution is -0.117. The Morgan fingerprint density at radius 1 is 1.35 bits per heavy atom. The molecule has 0 aromatic carbocycles. The van der Waals surface area contributed by atoms with E-state index in [-0.39, 0.29) is 23.7 Å². The molecule has 124 valence electrons. The van der Waals surface area contributed by atoms with Crippen molar-refractivity contribution in [2.75, 3.05) is 5.75 Å². The van der Waals surface area contributed by atoms with Crippen molar-refractivity contribution in [1.82, 2.24) is 15.6 Å². The van der Waals surface area contributed by atoms with E-state index in [0.717, 1.165) is 16.9 Å². The molecular weight excluding hydrogens is 310 g/mol. The van der Waals surface area contributed by atoms with Gasteiger partial charge in [0.25, 0.3) is 0 Å². The van der Waals surface area contributed by atoms with Crippen molar-refractivity contribution in [2.24, 2.45) is 17.8 Å². The van der Waals surface area contributed by atoms with E-state index in [9.17, 15) is 9.59 Å². The average molecular weight is 333 g/mol. The molecule has 1 aromatic rings. The van der Waals surface area contributed by atoms with Crippen LogP contribution in [0.4, 0.5) is 4.79 Å². The molecule has 0 radical (unpaired) electrons. The third kappa shape index (κ3) is 4.25. The van der Waals surface area contributed by atoms with E-state index in [1.165, 1.54) is 37.4 Å². The zero-order valence-corrected chi connectivity index (χ0v) is 14.1. The molecule has 6 heteroatoms. The maximum Gasteiger partial charge on any atom is 0.321 e. The largest absolute Gasteiger partial charge is 0.335 e. The first-order chi connectivity index (χ1) is 11.1. The van der Waals surface area contributed by atoms with E-state index in [4.69, 9.17) is 0 Å². The molecule has 0 aliphatic heterocycles. The highest BCUT2D eigenvalue weighted by molar-refractivity contribution is 7.99. The van der Waals surface area contributed by atoms with Gasteiger partial charge in [-0.25, -0.2) is 9.78 Å². The van der Waals surface area contributed by atoms with Crippen molar-refractivity contribution in [3.8, 4) is 0 Å². The minimum atomic E-state index is -0.383. The molecule has 3 rings (SSSR count). The van der Waals surface area contributed by atoms with E-state index in [0.29, 0.717) is 5.92 Å². The third-order valence-electron chi connectivity index (χ3n) is 5.04. The van der Waals surface area contributed by atoms with Crippen LogP contribution in [0.1, 0.15) is 32.6 Å². The molecule has 2 fully saturated rings. The minimum Gasteiger partial charge on any atom is -0.335 e. The summed E-state index contributed by atoms with van der Waals surface area (Å²) in [6, 6.07) is 5.29. The number of nitrogens with zero attached hydrogens (tertiary/aromatic N) is 1. The van der Waals surface area contributed by atoms with Crippen molar-refractivity contribution in [3.63, 3.8) is 0 Å². The topological polar surface area (TPSA) is 71.1 Å². The third-order valence-corrected chi connectivity index (χ3v) is 5.98. The van der Waals surface area contributed by atoms with Crippen LogP contribution in [0.5, 0.6) is 0 Å². The summed E-state index contributed by atoms with van der Waals surface area (Å²) in [6.07, 6.45) is 6.86. The molecular formula is C17H23N3O2S. The van der Waals surface area contributed by atoms with Crippen LogP contribution >= 0.6 is 11.8 Å². The van der Waals surface area contributed by atoms with Crippen molar-refractivity contribution < 1.29 is 9.59 Å². The number of rotatable bonds is 5. The van der Waals surface area contributed by atoms with Gasteiger partial charge < -0.3 is 5.32 Å². The lowest BCUT2D eigenvalue weighted by Crippen LogP contribution is -2.47. The van der Waals surface area contributed by atoms with E-state index >= 15 is 0 Å². The Labute approximate surface area is 141 Å². The van der Waals surface area contributed by atoms with Crippen LogP contribution in [-0.2, 0) is 4.79 Å². The van der Waals surface area contributed by atoms with E-state index in [1.54, 1.807) is 6.20 Å². The van der Waals surface area contributed by atoms with E-state index in [1.807, 2.05) is 18.2 Å². The number of thioether (sulfide) groups is 1. The SMILES string of the molecule is CC(NC(=O)NC(=O)CSc1ccccn1)C1CC2CCC1C2. The van der Waals surface area contributed by atoms with Crippen molar-refractivity contribution in [2.45, 2.75) is 43.7 Å². The Morgan fingerprint density at radius 3 is 2.87 bits per heavy atom. The van der Waals surface area contributed by atoms with E-state index < -0.39 is 0 Å². The Bertz CT molecular complexity index is 566. The molecule has 1 aromatic heterocycles. The number of imide groups is 1. The molecule has 4 unspecified atom stereocenters. The van der Waals surface area contributed by atoms with Gasteiger partial charge in [-0.1, -0.05) is 24.2 Å². The second-order valence-electron chi connectivity index (χ2n) is 6.61. The number of carbonyl (C=O) groups is 2. The fourth-order valence-corrected chi connectivity index (χ4v) is 4.65. The summed E-state index contributed by atoms with van der Waals surface area (Å²) in [7, 11) is 0. The number of carbonyl (C=O) groups excluding carboxylic acids is 2. The van der Waals surface area contributed by atoms with E-state index in [2.05, 4.69) is 22.5 Å². The molecule has 1 heterocycles. The molecule has 4 atom stereocenters. The van der Waals surface area contributed by atoms with Crippen molar-refractivity contribution in [1.29, 1.82) is 0 Å². The fourth-order valence-electron chi connectivity index (χ4n) is 3.99. The molecule has 0 saturated heterocycles. The number of hydrogen-bond acceptors (Lipinski definition) is 4. The van der Waals surface area contributed by atoms with Gasteiger partial charge in [-0.3, -0.25) is 10.1 Å². The van der Waals surface area contributed by atoms with Crippen LogP contribution < -0.4 is 10.6 Å². The summed E-state index contributed by atoms with van der Waals surface area (Å²) in [4.78, 5) is 27.9. The fraction of sp³-hybridized carbons (Fsp3) is 0.588. The standard InChI is InChI=1S/C17H23N3O2S/c1-11(14-9-12-5-6-13(14)8-12)19-17(22)20-15(21)10-23-16-4-2-3-7-18-16/h2-4,7,11-14H,5-6,8-10H2,1H3,(H2,19,20,21,22). The predicted octanol–water partition coefficient (Wildman–Crippen LogP) is 2.82. The maximum absolute atomic E-state index is 12.0. The number of nitrogens with one attached hydrogen (secondary N) is 2. The van der Waals surface area contributed by atoms with Gasteiger partial charge in [-0.15, -0.1) is 0 Å². The number of hydrogen-bond donors (Lipinski definition) is 2. The van der Waals surface area contributed by atoms with Gasteiger partial charge >= 0.3 is 6.03 Å². The highest BCUT2D eigenvalue weighted by Crippen LogP contribution is 2.49. The maximum atomic E-state index is 12.0. The zero-order valence-electron chi connectivity index (χ0n) is 13.3. The monoisotopic (exact) mass is 333 g/mol. The molecule has 3 amide bonds. The van der Waals surface area contributed by atoms with Gasteiger partial charge in [0, 0.05) is 12.2 Å². The van der Waals surface area contributed by atoms with Crippen LogP contribution in [-0.4, -0.2) is 28.7 Å². The van der Waals surface area contributed by atoms with Crippen LogP contribution in [0.25, 0.3) is 0 Å². The molecule has 23 heavy (non-hydrogen) atoms. The Kier molecular flexibility index (Phi) is 5.20. The molecule has 2 aliphatic carbocycles. The molecule has 2 bridgehead atoms. The summed E-state index contributed by atoms with van der Waals surface area (Å²) >= 11 is 1.32. The van der Waals surface area contributed by atoms with Crippen LogP contribution in [0.3, 0.4) is 0 Å². The van der Waals surface area contributed by atoms with Crippen molar-refractivity contribution >= 4 is 23.7 Å². The van der Waals surface area contributed by atoms with Crippen LogP contribution in [0.15, 0.2) is 29.4 Å². The molecule has 2 aliphatic rings. The van der Waals surface area contributed by atoms with Crippen LogP contribution in [0, 0.1) is 17.8 Å². The predicted molar refractivity (Wildman–Crippen MR) is 90.0 cm³/mol. The smallest absolute Gasteiger partial charge is 0.321 e. The number of fused-ring (bicyclic) bond motifs is 2. The lowest BCUT2D eigenvalue weighted by atomic mass is 9.84. The first kappa shape index (κ1) is 16.3. The molecule has 2 saturated carbocycles. The number of pyridine rings is 1. The number of aromatic nitrogens is 1. The summed E-state index contributed by atoms with van der Waals surface area (Å²) in [6.45, 7) is 2.05. The highest BCUT2D eigenvalue weighted by atomic mass is 32.2. The Morgan fingerprint density at radius 2 is 2.22 bits per heavy atom. The van der Waals surface area contributed by atoms with Gasteiger partial charge in [-0.05, 0) is 56.1 Å². The Balaban J connectivity index is 1.39. The summed E-state index contributed by atoms with van der Waals surface area (Å²) < 4.78 is 0. The van der Waals surface area contributed by atoms with Crippen LogP contribution in [0.2, 0.25) is 0 Å². The summed E-state index contributed by atoms with van der Waals surface area (Å²) in [5, 5.41) is 6.13. The summed E-state index contributed by atoms with van der Waals surface area (Å²) in [5.74, 6) is 2.07. The Hall–Kier alpha value is -1.56. The quantitative estimate of drug-likeness (QED) is 0.813. The zero-order chi connectivity index (χ0) is 16.2. The van der Waals surface area contributed by atoms with Gasteiger partial charge in [-0.2, -0.15) is 0 Å². The first-order valence-corrected chi connectivity index (χ1v) is 9.24. The normalized spacial score (nSPS) is 26.7. The molecule has 2 N–H and O–H groups in total. The number of amides is 3. The molecule has 0 spiro atoms. The first-order valence-electron chi connectivity index (χ1n) is 8.26. The highest BCUT2D eigenvalue weighted by Gasteiger charge is 2.42. The van der Waals surface area contributed by atoms with Gasteiger partial charge in [0.1, 0.15) is 0 Å². The second-order valence-corrected chi connectivity index (χ2v) is 7.60. The lowest BCUT2D eigenvalue weighted by Gasteiger charge is -2.28. The van der Waals surface area contributed by atoms with Crippen molar-refractivity contribution in [3.05, 3.63) is 24.4 Å². The number of urea groups is 1. The minimum absolute atomic E-state index is 0.126. The molecule has 5 nitrogen and oxygen atoms in total. The van der Waals surface area contributed by atoms with Gasteiger partial charge in [0.15, 0.2) is 0 Å². The average Bonchev–Trinajstić information content (AvgIpc) is 3.17. The second kappa shape index (κ2) is 7.34. The van der Waals surface area contributed by atoms with Gasteiger partial charge in [0.2, 0.25) is 5.91 Å². The van der Waals surface area contributed by atoms with Gasteiger partial charge in [0.05, 0.1) is 10.8 Å². The summed E-state index contributed by atoms with van der Waals surface area (Å²) in [5.41, 5.74) is 0.